The maximum absolute atomic E-state index is 11.5. The average molecular weight is 250 g/mol. The molecule has 0 aliphatic heterocycles. The molecule has 18 heavy (non-hydrogen) atoms. The number of H-pyrrole nitrogens is 1. The van der Waals surface area contributed by atoms with E-state index in [1.165, 1.54) is 6.07 Å². The fourth-order valence-electron chi connectivity index (χ4n) is 1.76. The van der Waals surface area contributed by atoms with Crippen LogP contribution in [0.25, 0.3) is 0 Å². The van der Waals surface area contributed by atoms with Gasteiger partial charge in [-0.2, -0.15) is 0 Å². The lowest BCUT2D eigenvalue weighted by Crippen LogP contribution is -2.36. The third kappa shape index (κ3) is 3.09. The van der Waals surface area contributed by atoms with Crippen molar-refractivity contribution in [2.24, 2.45) is 0 Å². The van der Waals surface area contributed by atoms with Gasteiger partial charge in [0.1, 0.15) is 11.6 Å². The first-order valence-corrected chi connectivity index (χ1v) is 6.19. The molecule has 0 saturated heterocycles. The lowest BCUT2D eigenvalue weighted by Gasteiger charge is -2.17. The molecule has 6 heteroatoms. The molecule has 98 valence electrons. The molecule has 1 fully saturated rings. The fourth-order valence-corrected chi connectivity index (χ4v) is 1.76. The van der Waals surface area contributed by atoms with Gasteiger partial charge in [0, 0.05) is 25.6 Å². The van der Waals surface area contributed by atoms with Gasteiger partial charge < -0.3 is 15.2 Å². The van der Waals surface area contributed by atoms with Crippen molar-refractivity contribution in [1.82, 2.24) is 15.3 Å². The third-order valence-corrected chi connectivity index (χ3v) is 2.86. The summed E-state index contributed by atoms with van der Waals surface area (Å²) in [6.45, 7) is 2.67. The van der Waals surface area contributed by atoms with Crippen molar-refractivity contribution in [3.63, 3.8) is 0 Å². The number of rotatable bonds is 5. The van der Waals surface area contributed by atoms with Gasteiger partial charge in [-0.15, -0.1) is 0 Å². The van der Waals surface area contributed by atoms with E-state index in [1.807, 2.05) is 6.92 Å². The van der Waals surface area contributed by atoms with Crippen LogP contribution in [0.2, 0.25) is 0 Å². The van der Waals surface area contributed by atoms with Gasteiger partial charge >= 0.3 is 0 Å². The molecule has 2 N–H and O–H groups in total. The number of carbonyl (C=O) groups excluding carboxylic acids is 1. The van der Waals surface area contributed by atoms with Crippen molar-refractivity contribution in [3.8, 4) is 0 Å². The van der Waals surface area contributed by atoms with Crippen LogP contribution < -0.4 is 15.8 Å². The maximum Gasteiger partial charge on any atom is 0.252 e. The summed E-state index contributed by atoms with van der Waals surface area (Å²) >= 11 is 0. The molecule has 1 aromatic heterocycles. The van der Waals surface area contributed by atoms with Gasteiger partial charge in [0.25, 0.3) is 5.56 Å². The Morgan fingerprint density at radius 3 is 2.94 bits per heavy atom. The highest BCUT2D eigenvalue weighted by Gasteiger charge is 2.26. The Morgan fingerprint density at radius 2 is 2.33 bits per heavy atom. The molecule has 0 unspecified atom stereocenters. The van der Waals surface area contributed by atoms with Crippen LogP contribution in [0.5, 0.6) is 0 Å². The van der Waals surface area contributed by atoms with Gasteiger partial charge in [-0.05, 0) is 19.8 Å². The van der Waals surface area contributed by atoms with Crippen LogP contribution in [0.15, 0.2) is 10.9 Å². The second-order valence-corrected chi connectivity index (χ2v) is 4.57. The van der Waals surface area contributed by atoms with Crippen LogP contribution in [0.1, 0.15) is 31.5 Å². The monoisotopic (exact) mass is 250 g/mol. The smallest absolute Gasteiger partial charge is 0.252 e. The van der Waals surface area contributed by atoms with Crippen molar-refractivity contribution in [1.29, 1.82) is 0 Å². The number of carbonyl (C=O) groups is 1. The summed E-state index contributed by atoms with van der Waals surface area (Å²) in [7, 11) is 1.76. The minimum absolute atomic E-state index is 0.0740. The average Bonchev–Trinajstić information content (AvgIpc) is 3.12. The predicted molar refractivity (Wildman–Crippen MR) is 68.8 cm³/mol. The zero-order valence-electron chi connectivity index (χ0n) is 10.7. The van der Waals surface area contributed by atoms with Crippen LogP contribution in [-0.4, -0.2) is 36.0 Å². The standard InChI is InChI=1S/C12H18N4O2/c1-3-13-11(18)7-16(2)9-6-10(17)15-12(14-9)8-4-5-8/h6,8H,3-5,7H2,1-2H3,(H,13,18)(H,14,15,17). The second kappa shape index (κ2) is 5.20. The van der Waals surface area contributed by atoms with E-state index in [1.54, 1.807) is 11.9 Å². The summed E-state index contributed by atoms with van der Waals surface area (Å²) < 4.78 is 0. The third-order valence-electron chi connectivity index (χ3n) is 2.86. The number of aromatic nitrogens is 2. The van der Waals surface area contributed by atoms with Gasteiger partial charge in [0.05, 0.1) is 6.54 Å². The normalized spacial score (nSPS) is 14.3. The fraction of sp³-hybridized carbons (Fsp3) is 0.583. The molecule has 1 aromatic rings. The quantitative estimate of drug-likeness (QED) is 0.783. The second-order valence-electron chi connectivity index (χ2n) is 4.57. The minimum atomic E-state index is -0.162. The molecular formula is C12H18N4O2. The lowest BCUT2D eigenvalue weighted by molar-refractivity contribution is -0.119. The van der Waals surface area contributed by atoms with Crippen LogP contribution in [-0.2, 0) is 4.79 Å². The first-order chi connectivity index (χ1) is 8.60. The first-order valence-electron chi connectivity index (χ1n) is 6.19. The molecule has 0 spiro atoms. The van der Waals surface area contributed by atoms with Gasteiger partial charge in [0.2, 0.25) is 5.91 Å². The van der Waals surface area contributed by atoms with Gasteiger partial charge in [-0.25, -0.2) is 4.98 Å². The van der Waals surface area contributed by atoms with E-state index in [0.29, 0.717) is 18.3 Å². The largest absolute Gasteiger partial charge is 0.355 e. The summed E-state index contributed by atoms with van der Waals surface area (Å²) in [5, 5.41) is 2.72. The number of nitrogens with one attached hydrogen (secondary N) is 2. The van der Waals surface area contributed by atoms with Crippen LogP contribution in [0.3, 0.4) is 0 Å². The Labute approximate surface area is 105 Å². The van der Waals surface area contributed by atoms with Crippen molar-refractivity contribution in [2.45, 2.75) is 25.7 Å². The summed E-state index contributed by atoms with van der Waals surface area (Å²) in [6.07, 6.45) is 2.15. The number of anilines is 1. The highest BCUT2D eigenvalue weighted by atomic mass is 16.2. The molecule has 0 radical (unpaired) electrons. The molecule has 1 heterocycles. The van der Waals surface area contributed by atoms with Gasteiger partial charge in [0.15, 0.2) is 0 Å². The van der Waals surface area contributed by atoms with Crippen molar-refractivity contribution < 1.29 is 4.79 Å². The molecule has 1 amide bonds. The molecule has 0 bridgehead atoms. The number of amides is 1. The number of likely N-dealkylation sites (N-methyl/N-ethyl adjacent to an activating group) is 2. The molecule has 0 atom stereocenters. The molecule has 1 aliphatic rings. The maximum atomic E-state index is 11.5. The van der Waals surface area contributed by atoms with Crippen LogP contribution in [0.4, 0.5) is 5.82 Å². The van der Waals surface area contributed by atoms with E-state index in [9.17, 15) is 9.59 Å². The van der Waals surface area contributed by atoms with Gasteiger partial charge in [-0.3, -0.25) is 9.59 Å². The number of hydrogen-bond acceptors (Lipinski definition) is 4. The molecule has 6 nitrogen and oxygen atoms in total. The van der Waals surface area contributed by atoms with E-state index in [2.05, 4.69) is 15.3 Å². The van der Waals surface area contributed by atoms with E-state index in [-0.39, 0.29) is 18.0 Å². The summed E-state index contributed by atoms with van der Waals surface area (Å²) in [5.41, 5.74) is -0.162. The predicted octanol–water partition coefficient (Wildman–Crippen LogP) is 0.220. The summed E-state index contributed by atoms with van der Waals surface area (Å²) in [6, 6.07) is 1.42. The zero-order chi connectivity index (χ0) is 13.1. The minimum Gasteiger partial charge on any atom is -0.355 e. The van der Waals surface area contributed by atoms with Crippen molar-refractivity contribution in [3.05, 3.63) is 22.2 Å². The Hall–Kier alpha value is -1.85. The number of hydrogen-bond donors (Lipinski definition) is 2. The van der Waals surface area contributed by atoms with Crippen LogP contribution >= 0.6 is 0 Å². The Bertz CT molecular complexity index is 493. The first kappa shape index (κ1) is 12.6. The summed E-state index contributed by atoms with van der Waals surface area (Å²) in [4.78, 5) is 31.8. The molecule has 1 aliphatic carbocycles. The molecule has 0 aromatic carbocycles. The van der Waals surface area contributed by atoms with Crippen LogP contribution in [0, 0.1) is 0 Å². The Kier molecular flexibility index (Phi) is 3.64. The van der Waals surface area contributed by atoms with Crippen molar-refractivity contribution in [2.75, 3.05) is 25.0 Å². The lowest BCUT2D eigenvalue weighted by atomic mass is 10.3. The molecule has 2 rings (SSSR count). The zero-order valence-corrected chi connectivity index (χ0v) is 10.7. The van der Waals surface area contributed by atoms with E-state index in [0.717, 1.165) is 18.7 Å². The number of aromatic amines is 1. The Morgan fingerprint density at radius 1 is 1.61 bits per heavy atom. The highest BCUT2D eigenvalue weighted by molar-refractivity contribution is 5.80. The van der Waals surface area contributed by atoms with E-state index < -0.39 is 0 Å². The highest BCUT2D eigenvalue weighted by Crippen LogP contribution is 2.37. The van der Waals surface area contributed by atoms with E-state index in [4.69, 9.17) is 0 Å². The Balaban J connectivity index is 2.11. The molecular weight excluding hydrogens is 232 g/mol. The van der Waals surface area contributed by atoms with E-state index >= 15 is 0 Å². The topological polar surface area (TPSA) is 78.1 Å². The molecule has 1 saturated carbocycles. The van der Waals surface area contributed by atoms with Gasteiger partial charge in [-0.1, -0.05) is 0 Å². The SMILES string of the molecule is CCNC(=O)CN(C)c1cc(=O)[nH]c(C2CC2)n1. The number of nitrogens with zero attached hydrogens (tertiary/aromatic N) is 2. The summed E-state index contributed by atoms with van der Waals surface area (Å²) in [5.74, 6) is 1.60. The van der Waals surface area contributed by atoms with Crippen molar-refractivity contribution >= 4 is 11.7 Å².